The van der Waals surface area contributed by atoms with E-state index in [4.69, 9.17) is 28.9 Å². The van der Waals surface area contributed by atoms with Crippen molar-refractivity contribution in [3.05, 3.63) is 73.8 Å². The maximum atomic E-state index is 10.8. The number of nitrogens with one attached hydrogen (secondary N) is 1. The Morgan fingerprint density at radius 2 is 2.08 bits per heavy atom. The Balaban J connectivity index is 2.03. The molecule has 0 spiro atoms. The summed E-state index contributed by atoms with van der Waals surface area (Å²) in [6, 6.07) is 11.3. The van der Waals surface area contributed by atoms with Gasteiger partial charge in [-0.3, -0.25) is 10.1 Å². The lowest BCUT2D eigenvalue weighted by atomic mass is 10.1. The predicted molar refractivity (Wildman–Crippen MR) is 96.4 cm³/mol. The Morgan fingerprint density at radius 3 is 2.75 bits per heavy atom. The fourth-order valence-corrected chi connectivity index (χ4v) is 2.71. The number of aliphatic imine (C=N–C) groups is 1. The number of nitrogens with two attached hydrogens (primary N) is 1. The average Bonchev–Trinajstić information content (AvgIpc) is 2.53. The first-order chi connectivity index (χ1) is 11.4. The normalized spacial score (nSPS) is 12.7. The summed E-state index contributed by atoms with van der Waals surface area (Å²) in [4.78, 5) is 14.5. The van der Waals surface area contributed by atoms with Crippen molar-refractivity contribution in [1.82, 2.24) is 5.32 Å². The fourth-order valence-electron chi connectivity index (χ4n) is 2.14. The SMILES string of the molecule is CC(NC(N)=NCc1cccc([N+](=O)[O-])c1)c1ccc(Cl)cc1Cl. The van der Waals surface area contributed by atoms with Crippen LogP contribution in [0.25, 0.3) is 0 Å². The number of nitrogens with zero attached hydrogens (tertiary/aromatic N) is 2. The first-order valence-corrected chi connectivity index (χ1v) is 7.87. The highest BCUT2D eigenvalue weighted by Crippen LogP contribution is 2.25. The van der Waals surface area contributed by atoms with Gasteiger partial charge in [0.25, 0.3) is 5.69 Å². The molecule has 0 aliphatic heterocycles. The zero-order chi connectivity index (χ0) is 17.7. The van der Waals surface area contributed by atoms with E-state index in [1.54, 1.807) is 24.3 Å². The molecule has 1 atom stereocenters. The van der Waals surface area contributed by atoms with E-state index in [0.29, 0.717) is 15.6 Å². The molecule has 6 nitrogen and oxygen atoms in total. The Hall–Kier alpha value is -2.31. The van der Waals surface area contributed by atoms with Gasteiger partial charge in [-0.05, 0) is 30.2 Å². The number of nitro benzene ring substituents is 1. The van der Waals surface area contributed by atoms with Crippen LogP contribution in [0.2, 0.25) is 10.0 Å². The monoisotopic (exact) mass is 366 g/mol. The molecule has 1 unspecified atom stereocenters. The summed E-state index contributed by atoms with van der Waals surface area (Å²) in [5, 5.41) is 14.9. The molecule has 3 N–H and O–H groups in total. The van der Waals surface area contributed by atoms with Gasteiger partial charge in [0.15, 0.2) is 5.96 Å². The van der Waals surface area contributed by atoms with Crippen LogP contribution in [0.5, 0.6) is 0 Å². The molecule has 126 valence electrons. The Kier molecular flexibility index (Phi) is 6.00. The number of nitro groups is 1. The lowest BCUT2D eigenvalue weighted by Gasteiger charge is -2.16. The molecule has 8 heteroatoms. The summed E-state index contributed by atoms with van der Waals surface area (Å²) in [6.45, 7) is 2.13. The summed E-state index contributed by atoms with van der Waals surface area (Å²) >= 11 is 12.0. The van der Waals surface area contributed by atoms with Crippen molar-refractivity contribution in [1.29, 1.82) is 0 Å². The van der Waals surface area contributed by atoms with Crippen molar-refractivity contribution >= 4 is 34.8 Å². The summed E-state index contributed by atoms with van der Waals surface area (Å²) in [5.41, 5.74) is 7.44. The molecule has 2 rings (SSSR count). The minimum atomic E-state index is -0.445. The molecule has 0 fully saturated rings. The minimum Gasteiger partial charge on any atom is -0.370 e. The van der Waals surface area contributed by atoms with Crippen molar-refractivity contribution in [2.45, 2.75) is 19.5 Å². The molecule has 0 aromatic heterocycles. The van der Waals surface area contributed by atoms with Gasteiger partial charge in [-0.15, -0.1) is 0 Å². The molecule has 0 radical (unpaired) electrons. The first-order valence-electron chi connectivity index (χ1n) is 7.11. The summed E-state index contributed by atoms with van der Waals surface area (Å²) in [5.74, 6) is 0.222. The summed E-state index contributed by atoms with van der Waals surface area (Å²) in [7, 11) is 0. The van der Waals surface area contributed by atoms with Gasteiger partial charge in [-0.25, -0.2) is 4.99 Å². The summed E-state index contributed by atoms with van der Waals surface area (Å²) in [6.07, 6.45) is 0. The standard InChI is InChI=1S/C16H16Cl2N4O2/c1-10(14-6-5-12(17)8-15(14)18)21-16(19)20-9-11-3-2-4-13(7-11)22(23)24/h2-8,10H,9H2,1H3,(H3,19,20,21). The smallest absolute Gasteiger partial charge is 0.269 e. The van der Waals surface area contributed by atoms with Gasteiger partial charge in [-0.2, -0.15) is 0 Å². The Morgan fingerprint density at radius 1 is 1.33 bits per heavy atom. The van der Waals surface area contributed by atoms with Crippen LogP contribution in [0.15, 0.2) is 47.5 Å². The van der Waals surface area contributed by atoms with Crippen molar-refractivity contribution in [2.75, 3.05) is 0 Å². The van der Waals surface area contributed by atoms with E-state index in [1.807, 2.05) is 13.0 Å². The van der Waals surface area contributed by atoms with Gasteiger partial charge in [-0.1, -0.05) is 41.4 Å². The lowest BCUT2D eigenvalue weighted by Crippen LogP contribution is -2.34. The van der Waals surface area contributed by atoms with Crippen LogP contribution in [0, 0.1) is 10.1 Å². The quantitative estimate of drug-likeness (QED) is 0.361. The lowest BCUT2D eigenvalue weighted by molar-refractivity contribution is -0.384. The van der Waals surface area contributed by atoms with Crippen LogP contribution in [-0.4, -0.2) is 10.9 Å². The molecule has 24 heavy (non-hydrogen) atoms. The highest BCUT2D eigenvalue weighted by molar-refractivity contribution is 6.35. The topological polar surface area (TPSA) is 93.5 Å². The van der Waals surface area contributed by atoms with Gasteiger partial charge in [0.05, 0.1) is 17.5 Å². The van der Waals surface area contributed by atoms with E-state index in [0.717, 1.165) is 5.56 Å². The zero-order valence-electron chi connectivity index (χ0n) is 12.9. The fraction of sp³-hybridized carbons (Fsp3) is 0.188. The van der Waals surface area contributed by atoms with Crippen molar-refractivity contribution in [2.24, 2.45) is 10.7 Å². The van der Waals surface area contributed by atoms with Gasteiger partial charge in [0.1, 0.15) is 0 Å². The van der Waals surface area contributed by atoms with Crippen LogP contribution in [0.4, 0.5) is 5.69 Å². The number of guanidine groups is 1. The van der Waals surface area contributed by atoms with E-state index in [2.05, 4.69) is 10.3 Å². The molecule has 0 saturated carbocycles. The molecule has 0 aliphatic rings. The van der Waals surface area contributed by atoms with Gasteiger partial charge in [0, 0.05) is 22.2 Å². The predicted octanol–water partition coefficient (Wildman–Crippen LogP) is 4.07. The van der Waals surface area contributed by atoms with Crippen LogP contribution in [-0.2, 0) is 6.54 Å². The van der Waals surface area contributed by atoms with E-state index in [1.165, 1.54) is 12.1 Å². The third kappa shape index (κ3) is 4.84. The highest BCUT2D eigenvalue weighted by Gasteiger charge is 2.11. The van der Waals surface area contributed by atoms with Crippen LogP contribution in [0.3, 0.4) is 0 Å². The van der Waals surface area contributed by atoms with E-state index >= 15 is 0 Å². The third-order valence-electron chi connectivity index (χ3n) is 3.35. The van der Waals surface area contributed by atoms with E-state index < -0.39 is 4.92 Å². The molecule has 2 aromatic rings. The van der Waals surface area contributed by atoms with Crippen LogP contribution < -0.4 is 11.1 Å². The minimum absolute atomic E-state index is 0.0237. The molecule has 0 amide bonds. The Labute approximate surface area is 149 Å². The second kappa shape index (κ2) is 7.99. The average molecular weight is 367 g/mol. The number of halogens is 2. The molecular formula is C16H16Cl2N4O2. The molecule has 2 aromatic carbocycles. The van der Waals surface area contributed by atoms with E-state index in [-0.39, 0.29) is 24.2 Å². The molecule has 0 bridgehead atoms. The number of rotatable bonds is 5. The van der Waals surface area contributed by atoms with Crippen LogP contribution in [0.1, 0.15) is 24.1 Å². The number of benzene rings is 2. The summed E-state index contributed by atoms with van der Waals surface area (Å²) < 4.78 is 0. The van der Waals surface area contributed by atoms with Crippen LogP contribution >= 0.6 is 23.2 Å². The number of hydrogen-bond acceptors (Lipinski definition) is 3. The molecule has 0 saturated heterocycles. The highest BCUT2D eigenvalue weighted by atomic mass is 35.5. The van der Waals surface area contributed by atoms with Gasteiger partial charge < -0.3 is 11.1 Å². The third-order valence-corrected chi connectivity index (χ3v) is 3.91. The second-order valence-corrected chi connectivity index (χ2v) is 6.00. The number of non-ortho nitro benzene ring substituents is 1. The second-order valence-electron chi connectivity index (χ2n) is 5.16. The Bertz CT molecular complexity index is 780. The van der Waals surface area contributed by atoms with Crippen molar-refractivity contribution < 1.29 is 4.92 Å². The molecular weight excluding hydrogens is 351 g/mol. The van der Waals surface area contributed by atoms with Gasteiger partial charge >= 0.3 is 0 Å². The molecule has 0 heterocycles. The van der Waals surface area contributed by atoms with Gasteiger partial charge in [0.2, 0.25) is 0 Å². The zero-order valence-corrected chi connectivity index (χ0v) is 14.4. The maximum Gasteiger partial charge on any atom is 0.269 e. The van der Waals surface area contributed by atoms with Crippen molar-refractivity contribution in [3.8, 4) is 0 Å². The number of hydrogen-bond donors (Lipinski definition) is 2. The molecule has 0 aliphatic carbocycles. The van der Waals surface area contributed by atoms with Crippen molar-refractivity contribution in [3.63, 3.8) is 0 Å². The first kappa shape index (κ1) is 18.0. The largest absolute Gasteiger partial charge is 0.370 e. The maximum absolute atomic E-state index is 10.8. The van der Waals surface area contributed by atoms with E-state index in [9.17, 15) is 10.1 Å².